The number of carbonyl (C=O) groups is 1. The van der Waals surface area contributed by atoms with Crippen molar-refractivity contribution in [1.82, 2.24) is 0 Å². The molecule has 0 aliphatic heterocycles. The van der Waals surface area contributed by atoms with Crippen molar-refractivity contribution in [1.29, 1.82) is 5.26 Å². The second-order valence-corrected chi connectivity index (χ2v) is 5.71. The van der Waals surface area contributed by atoms with Crippen molar-refractivity contribution in [3.05, 3.63) is 16.9 Å². The number of amides is 1. The number of nitriles is 1. The lowest BCUT2D eigenvalue weighted by Crippen LogP contribution is -2.16. The largest absolute Gasteiger partial charge is 0.444 e. The zero-order chi connectivity index (χ0) is 14.4. The third-order valence-electron chi connectivity index (χ3n) is 2.78. The van der Waals surface area contributed by atoms with E-state index in [1.165, 1.54) is 11.8 Å². The molecular weight excluding hydrogens is 264 g/mol. The Balaban J connectivity index is 2.58. The molecule has 0 aromatic carbocycles. The van der Waals surface area contributed by atoms with Crippen LogP contribution in [0.2, 0.25) is 0 Å². The van der Waals surface area contributed by atoms with Crippen LogP contribution in [0.4, 0.5) is 5.88 Å². The molecule has 1 amide bonds. The van der Waals surface area contributed by atoms with Crippen LogP contribution in [0.3, 0.4) is 0 Å². The van der Waals surface area contributed by atoms with Gasteiger partial charge in [-0.05, 0) is 20.3 Å². The van der Waals surface area contributed by atoms with Crippen LogP contribution in [0.1, 0.15) is 30.2 Å². The highest BCUT2D eigenvalue weighted by molar-refractivity contribution is 8.00. The summed E-state index contributed by atoms with van der Waals surface area (Å²) in [6, 6.07) is 2.03. The summed E-state index contributed by atoms with van der Waals surface area (Å²) in [6.45, 7) is 5.61. The predicted octanol–water partition coefficient (Wildman–Crippen LogP) is 2.21. The van der Waals surface area contributed by atoms with E-state index in [0.29, 0.717) is 17.7 Å². The monoisotopic (exact) mass is 282 g/mol. The molecule has 1 atom stereocenters. The molecule has 0 fully saturated rings. The maximum Gasteiger partial charge on any atom is 0.236 e. The first-order valence-electron chi connectivity index (χ1n) is 6.02. The third kappa shape index (κ3) is 4.30. The number of hydrogen-bond acceptors (Lipinski definition) is 5. The summed E-state index contributed by atoms with van der Waals surface area (Å²) < 4.78 is 5.36. The van der Waals surface area contributed by atoms with Crippen LogP contribution < -0.4 is 5.32 Å². The Hall–Kier alpha value is -1.45. The minimum absolute atomic E-state index is 0.116. The lowest BCUT2D eigenvalue weighted by molar-refractivity contribution is -0.113. The van der Waals surface area contributed by atoms with Crippen LogP contribution in [-0.4, -0.2) is 28.6 Å². The van der Waals surface area contributed by atoms with E-state index in [0.717, 1.165) is 5.56 Å². The van der Waals surface area contributed by atoms with Crippen LogP contribution in [0.25, 0.3) is 0 Å². The zero-order valence-corrected chi connectivity index (χ0v) is 12.1. The van der Waals surface area contributed by atoms with Crippen molar-refractivity contribution in [2.45, 2.75) is 32.4 Å². The van der Waals surface area contributed by atoms with Crippen LogP contribution in [0.5, 0.6) is 0 Å². The summed E-state index contributed by atoms with van der Waals surface area (Å²) in [4.78, 5) is 11.7. The van der Waals surface area contributed by atoms with E-state index in [1.807, 2.05) is 13.0 Å². The number of nitrogens with zero attached hydrogens (tertiary/aromatic N) is 1. The van der Waals surface area contributed by atoms with Crippen molar-refractivity contribution in [2.75, 3.05) is 17.7 Å². The highest BCUT2D eigenvalue weighted by Crippen LogP contribution is 2.25. The van der Waals surface area contributed by atoms with Crippen molar-refractivity contribution in [3.8, 4) is 6.07 Å². The normalized spacial score (nSPS) is 11.9. The molecule has 5 nitrogen and oxygen atoms in total. The molecule has 0 radical (unpaired) electrons. The number of aryl methyl sites for hydroxylation is 1. The minimum Gasteiger partial charge on any atom is -0.444 e. The second kappa shape index (κ2) is 7.22. The molecule has 1 heterocycles. The number of carbonyl (C=O) groups excluding carboxylic acids is 1. The highest BCUT2D eigenvalue weighted by atomic mass is 32.2. The topological polar surface area (TPSA) is 86.3 Å². The fourth-order valence-corrected chi connectivity index (χ4v) is 2.28. The molecule has 0 saturated carbocycles. The molecule has 1 aromatic rings. The first kappa shape index (κ1) is 15.6. The highest BCUT2D eigenvalue weighted by Gasteiger charge is 2.16. The molecule has 19 heavy (non-hydrogen) atoms. The van der Waals surface area contributed by atoms with Gasteiger partial charge in [0.2, 0.25) is 11.8 Å². The van der Waals surface area contributed by atoms with Crippen molar-refractivity contribution in [2.24, 2.45) is 0 Å². The molecule has 0 bridgehead atoms. The van der Waals surface area contributed by atoms with Crippen LogP contribution in [0.15, 0.2) is 4.42 Å². The molecule has 0 aliphatic rings. The maximum absolute atomic E-state index is 11.7. The Labute approximate surface area is 117 Å². The smallest absolute Gasteiger partial charge is 0.236 e. The van der Waals surface area contributed by atoms with Gasteiger partial charge in [-0.3, -0.25) is 10.1 Å². The molecule has 1 aromatic heterocycles. The van der Waals surface area contributed by atoms with Gasteiger partial charge in [0, 0.05) is 17.4 Å². The van der Waals surface area contributed by atoms with Gasteiger partial charge in [0.05, 0.1) is 5.75 Å². The summed E-state index contributed by atoms with van der Waals surface area (Å²) in [5.74, 6) is 0.913. The van der Waals surface area contributed by atoms with E-state index >= 15 is 0 Å². The van der Waals surface area contributed by atoms with Gasteiger partial charge in [-0.2, -0.15) is 5.26 Å². The summed E-state index contributed by atoms with van der Waals surface area (Å²) in [5, 5.41) is 20.6. The van der Waals surface area contributed by atoms with Gasteiger partial charge >= 0.3 is 0 Å². The number of aliphatic hydroxyl groups is 1. The number of hydrogen-bond donors (Lipinski definition) is 2. The first-order chi connectivity index (χ1) is 8.99. The molecule has 0 spiro atoms. The molecule has 1 rings (SSSR count). The number of anilines is 1. The van der Waals surface area contributed by atoms with Crippen LogP contribution >= 0.6 is 11.8 Å². The van der Waals surface area contributed by atoms with Gasteiger partial charge in [0.15, 0.2) is 0 Å². The van der Waals surface area contributed by atoms with E-state index in [2.05, 4.69) is 5.32 Å². The minimum atomic E-state index is -0.208. The Morgan fingerprint density at radius 1 is 1.58 bits per heavy atom. The van der Waals surface area contributed by atoms with Crippen molar-refractivity contribution < 1.29 is 14.3 Å². The van der Waals surface area contributed by atoms with Crippen LogP contribution in [-0.2, 0) is 4.79 Å². The lowest BCUT2D eigenvalue weighted by Gasteiger charge is -2.08. The molecule has 6 heteroatoms. The number of nitrogens with one attached hydrogen (secondary N) is 1. The molecule has 2 N–H and O–H groups in total. The van der Waals surface area contributed by atoms with E-state index in [-0.39, 0.29) is 29.4 Å². The van der Waals surface area contributed by atoms with Crippen molar-refractivity contribution in [3.63, 3.8) is 0 Å². The summed E-state index contributed by atoms with van der Waals surface area (Å²) in [5.41, 5.74) is 1.12. The Bertz CT molecular complexity index is 491. The van der Waals surface area contributed by atoms with E-state index in [4.69, 9.17) is 14.8 Å². The van der Waals surface area contributed by atoms with Crippen LogP contribution in [0, 0.1) is 25.2 Å². The van der Waals surface area contributed by atoms with Gasteiger partial charge < -0.3 is 9.52 Å². The fourth-order valence-electron chi connectivity index (χ4n) is 1.50. The third-order valence-corrected chi connectivity index (χ3v) is 4.02. The SMILES string of the molecule is Cc1oc(NC(=O)CSC(C)CCO)c(C#N)c1C. The number of thioether (sulfide) groups is 1. The van der Waals surface area contributed by atoms with E-state index < -0.39 is 0 Å². The number of aliphatic hydroxyl groups excluding tert-OH is 1. The first-order valence-corrected chi connectivity index (χ1v) is 7.06. The quantitative estimate of drug-likeness (QED) is 0.835. The predicted molar refractivity (Wildman–Crippen MR) is 75.1 cm³/mol. The van der Waals surface area contributed by atoms with Crippen molar-refractivity contribution >= 4 is 23.6 Å². The molecule has 104 valence electrons. The Morgan fingerprint density at radius 2 is 2.26 bits per heavy atom. The summed E-state index contributed by atoms with van der Waals surface area (Å²) in [6.07, 6.45) is 0.653. The molecule has 1 unspecified atom stereocenters. The van der Waals surface area contributed by atoms with Gasteiger partial charge in [-0.15, -0.1) is 11.8 Å². The van der Waals surface area contributed by atoms with Gasteiger partial charge in [0.1, 0.15) is 17.4 Å². The van der Waals surface area contributed by atoms with E-state index in [1.54, 1.807) is 13.8 Å². The fraction of sp³-hybridized carbons (Fsp3) is 0.538. The standard InChI is InChI=1S/C13H18N2O3S/c1-8(4-5-16)19-7-12(17)15-13-11(6-14)9(2)10(3)18-13/h8,16H,4-5,7H2,1-3H3,(H,15,17). The van der Waals surface area contributed by atoms with Gasteiger partial charge in [0.25, 0.3) is 0 Å². The Morgan fingerprint density at radius 3 is 2.84 bits per heavy atom. The number of furan rings is 1. The zero-order valence-electron chi connectivity index (χ0n) is 11.3. The molecule has 0 aliphatic carbocycles. The lowest BCUT2D eigenvalue weighted by atomic mass is 10.2. The van der Waals surface area contributed by atoms with Gasteiger partial charge in [-0.1, -0.05) is 6.92 Å². The summed E-state index contributed by atoms with van der Waals surface area (Å²) >= 11 is 1.46. The number of rotatable bonds is 6. The van der Waals surface area contributed by atoms with Gasteiger partial charge in [-0.25, -0.2) is 0 Å². The summed E-state index contributed by atoms with van der Waals surface area (Å²) in [7, 11) is 0. The average molecular weight is 282 g/mol. The maximum atomic E-state index is 11.7. The van der Waals surface area contributed by atoms with E-state index in [9.17, 15) is 4.79 Å². The molecular formula is C13H18N2O3S. The molecule has 0 saturated heterocycles. The second-order valence-electron chi connectivity index (χ2n) is 4.28. The average Bonchev–Trinajstić information content (AvgIpc) is 2.62. The Kier molecular flexibility index (Phi) is 5.93.